The van der Waals surface area contributed by atoms with E-state index >= 15 is 0 Å². The Labute approximate surface area is 119 Å². The van der Waals surface area contributed by atoms with E-state index in [0.717, 1.165) is 11.9 Å². The zero-order chi connectivity index (χ0) is 15.1. The highest BCUT2D eigenvalue weighted by atomic mass is 19.1. The average Bonchev–Trinajstić information content (AvgIpc) is 2.86. The number of fused-ring (bicyclic) bond motifs is 1. The van der Waals surface area contributed by atoms with Crippen LogP contribution in [0.25, 0.3) is 16.9 Å². The van der Waals surface area contributed by atoms with Gasteiger partial charge in [-0.3, -0.25) is 9.78 Å². The van der Waals surface area contributed by atoms with E-state index in [1.54, 1.807) is 13.0 Å². The summed E-state index contributed by atoms with van der Waals surface area (Å²) in [5.41, 5.74) is 8.37. The molecule has 106 valence electrons. The van der Waals surface area contributed by atoms with Gasteiger partial charge in [-0.25, -0.2) is 13.9 Å². The lowest BCUT2D eigenvalue weighted by molar-refractivity contribution is 0.100. The van der Waals surface area contributed by atoms with Crippen LogP contribution < -0.4 is 5.73 Å². The number of hydrogen-bond donors (Lipinski definition) is 1. The highest BCUT2D eigenvalue weighted by Gasteiger charge is 2.15. The Balaban J connectivity index is 2.31. The molecule has 0 aliphatic heterocycles. The smallest absolute Gasteiger partial charge is 0.254 e. The van der Waals surface area contributed by atoms with Crippen molar-refractivity contribution in [3.8, 4) is 11.3 Å². The Bertz CT molecular complexity index is 871. The summed E-state index contributed by atoms with van der Waals surface area (Å²) in [6.07, 6.45) is 2.52. The molecule has 21 heavy (non-hydrogen) atoms. The Morgan fingerprint density at radius 1 is 1.29 bits per heavy atom. The number of nitrogens with two attached hydrogens (primary N) is 1. The molecule has 6 nitrogen and oxygen atoms in total. The fourth-order valence-corrected chi connectivity index (χ4v) is 2.19. The Morgan fingerprint density at radius 3 is 2.76 bits per heavy atom. The molecule has 3 aromatic heterocycles. The molecule has 0 radical (unpaired) electrons. The second-order valence-electron chi connectivity index (χ2n) is 4.73. The largest absolute Gasteiger partial charge is 0.365 e. The first-order valence-corrected chi connectivity index (χ1v) is 6.25. The first-order valence-electron chi connectivity index (χ1n) is 6.25. The number of primary amides is 1. The normalized spacial score (nSPS) is 11.0. The molecule has 0 aliphatic rings. The van der Waals surface area contributed by atoms with Gasteiger partial charge >= 0.3 is 0 Å². The van der Waals surface area contributed by atoms with Gasteiger partial charge in [0.2, 0.25) is 0 Å². The van der Waals surface area contributed by atoms with Gasteiger partial charge in [0.1, 0.15) is 11.4 Å². The van der Waals surface area contributed by atoms with E-state index in [-0.39, 0.29) is 5.56 Å². The van der Waals surface area contributed by atoms with Crippen LogP contribution in [-0.4, -0.2) is 25.5 Å². The van der Waals surface area contributed by atoms with Gasteiger partial charge in [-0.1, -0.05) is 0 Å². The Kier molecular flexibility index (Phi) is 2.90. The van der Waals surface area contributed by atoms with E-state index in [1.165, 1.54) is 16.8 Å². The number of aromatic nitrogens is 4. The summed E-state index contributed by atoms with van der Waals surface area (Å²) in [7, 11) is 0. The third kappa shape index (κ3) is 2.12. The Morgan fingerprint density at radius 2 is 2.05 bits per heavy atom. The van der Waals surface area contributed by atoms with Crippen LogP contribution in [-0.2, 0) is 0 Å². The number of hydrogen-bond acceptors (Lipinski definition) is 4. The van der Waals surface area contributed by atoms with Gasteiger partial charge in [0, 0.05) is 17.0 Å². The fraction of sp³-hybridized carbons (Fsp3) is 0.143. The van der Waals surface area contributed by atoms with Gasteiger partial charge < -0.3 is 5.73 Å². The van der Waals surface area contributed by atoms with Crippen LogP contribution in [0.1, 0.15) is 21.7 Å². The van der Waals surface area contributed by atoms with Crippen molar-refractivity contribution in [1.29, 1.82) is 0 Å². The minimum absolute atomic E-state index is 0.224. The van der Waals surface area contributed by atoms with Gasteiger partial charge in [0.05, 0.1) is 18.1 Å². The summed E-state index contributed by atoms with van der Waals surface area (Å²) in [5, 5.41) is 4.08. The highest BCUT2D eigenvalue weighted by Crippen LogP contribution is 2.23. The molecule has 0 atom stereocenters. The second kappa shape index (κ2) is 4.62. The summed E-state index contributed by atoms with van der Waals surface area (Å²) in [4.78, 5) is 19.8. The maximum absolute atomic E-state index is 13.4. The van der Waals surface area contributed by atoms with Crippen LogP contribution in [0.5, 0.6) is 0 Å². The highest BCUT2D eigenvalue weighted by molar-refractivity contribution is 5.98. The molecule has 0 saturated carbocycles. The molecule has 0 spiro atoms. The maximum Gasteiger partial charge on any atom is 0.254 e. The standard InChI is InChI=1S/C14H12FN5O/c1-7-3-12(10-4-9(15)5-17-8(10)2)19-14-11(13(16)21)6-18-20(7)14/h3-6H,1-2H3,(H2,16,21). The van der Waals surface area contributed by atoms with Gasteiger partial charge in [-0.15, -0.1) is 0 Å². The van der Waals surface area contributed by atoms with Crippen LogP contribution in [0.15, 0.2) is 24.5 Å². The molecule has 0 aromatic carbocycles. The minimum Gasteiger partial charge on any atom is -0.365 e. The van der Waals surface area contributed by atoms with E-state index < -0.39 is 11.7 Å². The van der Waals surface area contributed by atoms with E-state index in [0.29, 0.717) is 22.6 Å². The van der Waals surface area contributed by atoms with Crippen LogP contribution in [0, 0.1) is 19.7 Å². The van der Waals surface area contributed by atoms with Gasteiger partial charge in [-0.2, -0.15) is 5.10 Å². The summed E-state index contributed by atoms with van der Waals surface area (Å²) in [5.74, 6) is -1.05. The van der Waals surface area contributed by atoms with Crippen LogP contribution >= 0.6 is 0 Å². The SMILES string of the molecule is Cc1ncc(F)cc1-c1cc(C)n2ncc(C(N)=O)c2n1. The third-order valence-corrected chi connectivity index (χ3v) is 3.24. The number of nitrogens with zero attached hydrogens (tertiary/aromatic N) is 4. The fourth-order valence-electron chi connectivity index (χ4n) is 2.19. The average molecular weight is 285 g/mol. The molecule has 0 saturated heterocycles. The first-order chi connectivity index (χ1) is 9.97. The molecule has 0 aliphatic carbocycles. The van der Waals surface area contributed by atoms with Gasteiger partial charge in [0.15, 0.2) is 5.65 Å². The first kappa shape index (κ1) is 13.2. The predicted molar refractivity (Wildman–Crippen MR) is 74.2 cm³/mol. The molecule has 7 heteroatoms. The maximum atomic E-state index is 13.4. The number of pyridine rings is 1. The minimum atomic E-state index is -0.608. The zero-order valence-corrected chi connectivity index (χ0v) is 11.5. The Hall–Kier alpha value is -2.83. The van der Waals surface area contributed by atoms with E-state index in [1.807, 2.05) is 6.92 Å². The van der Waals surface area contributed by atoms with Crippen molar-refractivity contribution >= 4 is 11.6 Å². The van der Waals surface area contributed by atoms with Crippen LogP contribution in [0.3, 0.4) is 0 Å². The van der Waals surface area contributed by atoms with Crippen molar-refractivity contribution in [2.24, 2.45) is 5.73 Å². The van der Waals surface area contributed by atoms with Gasteiger partial charge in [-0.05, 0) is 26.0 Å². The molecule has 0 bridgehead atoms. The monoisotopic (exact) mass is 285 g/mol. The molecule has 0 unspecified atom stereocenters. The lowest BCUT2D eigenvalue weighted by Gasteiger charge is -2.07. The molecule has 2 N–H and O–H groups in total. The van der Waals surface area contributed by atoms with Gasteiger partial charge in [0.25, 0.3) is 5.91 Å². The molecular weight excluding hydrogens is 273 g/mol. The van der Waals surface area contributed by atoms with Crippen molar-refractivity contribution in [3.63, 3.8) is 0 Å². The lowest BCUT2D eigenvalue weighted by Crippen LogP contribution is -2.11. The summed E-state index contributed by atoms with van der Waals surface area (Å²) >= 11 is 0. The number of carbonyl (C=O) groups is 1. The van der Waals surface area contributed by atoms with Crippen molar-refractivity contribution in [3.05, 3.63) is 47.3 Å². The zero-order valence-electron chi connectivity index (χ0n) is 11.5. The third-order valence-electron chi connectivity index (χ3n) is 3.24. The molecule has 0 fully saturated rings. The predicted octanol–water partition coefficient (Wildman–Crippen LogP) is 1.65. The number of carbonyl (C=O) groups excluding carboxylic acids is 1. The topological polar surface area (TPSA) is 86.2 Å². The molecule has 3 heterocycles. The summed E-state index contributed by atoms with van der Waals surface area (Å²) < 4.78 is 14.9. The van der Waals surface area contributed by atoms with Crippen LogP contribution in [0.2, 0.25) is 0 Å². The second-order valence-corrected chi connectivity index (χ2v) is 4.73. The van der Waals surface area contributed by atoms with Crippen molar-refractivity contribution in [2.75, 3.05) is 0 Å². The summed E-state index contributed by atoms with van der Waals surface area (Å²) in [6.45, 7) is 3.58. The number of aryl methyl sites for hydroxylation is 2. The molecule has 1 amide bonds. The van der Waals surface area contributed by atoms with E-state index in [4.69, 9.17) is 5.73 Å². The number of halogens is 1. The van der Waals surface area contributed by atoms with E-state index in [2.05, 4.69) is 15.1 Å². The lowest BCUT2D eigenvalue weighted by atomic mass is 10.1. The van der Waals surface area contributed by atoms with E-state index in [9.17, 15) is 9.18 Å². The van der Waals surface area contributed by atoms with Crippen molar-refractivity contribution in [1.82, 2.24) is 19.6 Å². The number of amides is 1. The summed E-state index contributed by atoms with van der Waals surface area (Å²) in [6, 6.07) is 3.12. The molecule has 3 aromatic rings. The quantitative estimate of drug-likeness (QED) is 0.775. The van der Waals surface area contributed by atoms with Crippen molar-refractivity contribution in [2.45, 2.75) is 13.8 Å². The van der Waals surface area contributed by atoms with Crippen LogP contribution in [0.4, 0.5) is 4.39 Å². The van der Waals surface area contributed by atoms with Crippen molar-refractivity contribution < 1.29 is 9.18 Å². The molecular formula is C14H12FN5O. The molecule has 3 rings (SSSR count). The number of rotatable bonds is 2.